The van der Waals surface area contributed by atoms with Crippen molar-refractivity contribution in [2.45, 2.75) is 27.2 Å². The predicted molar refractivity (Wildman–Crippen MR) is 61.4 cm³/mol. The summed E-state index contributed by atoms with van der Waals surface area (Å²) >= 11 is 0. The van der Waals surface area contributed by atoms with Gasteiger partial charge < -0.3 is 5.11 Å². The van der Waals surface area contributed by atoms with Crippen molar-refractivity contribution in [1.82, 2.24) is 0 Å². The van der Waals surface area contributed by atoms with E-state index < -0.39 is 0 Å². The Bertz CT molecular complexity index is 332. The Morgan fingerprint density at radius 1 is 1.36 bits per heavy atom. The highest BCUT2D eigenvalue weighted by Crippen LogP contribution is 2.29. The molecule has 1 rings (SSSR count). The zero-order chi connectivity index (χ0) is 10.8. The quantitative estimate of drug-likeness (QED) is 0.755. The molecule has 1 aromatic carbocycles. The molecule has 1 nitrogen and oxygen atoms in total. The number of phenolic OH excluding ortho intramolecular Hbond substituents is 1. The number of para-hydroxylation sites is 1. The average Bonchev–Trinajstić information content (AvgIpc) is 2.06. The van der Waals surface area contributed by atoms with Crippen LogP contribution >= 0.6 is 0 Å². The molecule has 0 fully saturated rings. The van der Waals surface area contributed by atoms with Crippen molar-refractivity contribution < 1.29 is 5.11 Å². The van der Waals surface area contributed by atoms with Gasteiger partial charge in [-0.05, 0) is 17.4 Å². The summed E-state index contributed by atoms with van der Waals surface area (Å²) < 4.78 is 0. The van der Waals surface area contributed by atoms with Crippen LogP contribution in [0.4, 0.5) is 0 Å². The van der Waals surface area contributed by atoms with Gasteiger partial charge in [0.1, 0.15) is 5.75 Å². The minimum atomic E-state index is 0.192. The predicted octanol–water partition coefficient (Wildman–Crippen LogP) is 3.62. The molecule has 0 aliphatic heterocycles. The third kappa shape index (κ3) is 2.63. The van der Waals surface area contributed by atoms with Gasteiger partial charge in [0.2, 0.25) is 0 Å². The molecule has 0 spiro atoms. The number of aromatic hydroxyl groups is 1. The van der Waals surface area contributed by atoms with Crippen molar-refractivity contribution in [2.24, 2.45) is 5.41 Å². The summed E-state index contributed by atoms with van der Waals surface area (Å²) in [5.41, 5.74) is 2.00. The van der Waals surface area contributed by atoms with Crippen molar-refractivity contribution in [3.8, 4) is 5.75 Å². The van der Waals surface area contributed by atoms with Crippen LogP contribution in [-0.2, 0) is 6.42 Å². The van der Waals surface area contributed by atoms with Crippen LogP contribution in [0.1, 0.15) is 31.9 Å². The molecule has 14 heavy (non-hydrogen) atoms. The highest BCUT2D eigenvalue weighted by Gasteiger charge is 2.14. The second kappa shape index (κ2) is 3.87. The molecule has 0 unspecified atom stereocenters. The third-order valence-corrected chi connectivity index (χ3v) is 2.09. The molecule has 0 heterocycles. The summed E-state index contributed by atoms with van der Waals surface area (Å²) in [5.74, 6) is 0.373. The molecule has 0 bridgehead atoms. The molecule has 0 radical (unpaired) electrons. The Morgan fingerprint density at radius 2 is 2.00 bits per heavy atom. The largest absolute Gasteiger partial charge is 0.507 e. The maximum absolute atomic E-state index is 9.88. The highest BCUT2D eigenvalue weighted by molar-refractivity contribution is 5.57. The monoisotopic (exact) mass is 190 g/mol. The van der Waals surface area contributed by atoms with E-state index in [1.165, 1.54) is 0 Å². The van der Waals surface area contributed by atoms with Gasteiger partial charge in [0.15, 0.2) is 0 Å². The van der Waals surface area contributed by atoms with E-state index in [1.54, 1.807) is 6.08 Å². The fraction of sp³-hybridized carbons (Fsp3) is 0.385. The zero-order valence-electron chi connectivity index (χ0n) is 9.17. The molecule has 0 aliphatic rings. The molecule has 0 aliphatic carbocycles. The Kier molecular flexibility index (Phi) is 3.00. The average molecular weight is 190 g/mol. The van der Waals surface area contributed by atoms with E-state index in [2.05, 4.69) is 27.4 Å². The van der Waals surface area contributed by atoms with E-state index in [9.17, 15) is 5.11 Å². The van der Waals surface area contributed by atoms with Gasteiger partial charge in [-0.2, -0.15) is 0 Å². The van der Waals surface area contributed by atoms with E-state index in [4.69, 9.17) is 0 Å². The van der Waals surface area contributed by atoms with Crippen molar-refractivity contribution in [3.05, 3.63) is 35.9 Å². The second-order valence-electron chi connectivity index (χ2n) is 4.80. The van der Waals surface area contributed by atoms with Crippen molar-refractivity contribution >= 4 is 6.08 Å². The van der Waals surface area contributed by atoms with Crippen LogP contribution in [0.15, 0.2) is 24.8 Å². The molecule has 0 amide bonds. The van der Waals surface area contributed by atoms with Crippen molar-refractivity contribution in [3.63, 3.8) is 0 Å². The van der Waals surface area contributed by atoms with Crippen LogP contribution in [0.5, 0.6) is 5.75 Å². The summed E-state index contributed by atoms with van der Waals surface area (Å²) in [6.45, 7) is 10.1. The summed E-state index contributed by atoms with van der Waals surface area (Å²) in [6.07, 6.45) is 2.56. The first kappa shape index (κ1) is 10.8. The van der Waals surface area contributed by atoms with E-state index in [0.717, 1.165) is 17.5 Å². The van der Waals surface area contributed by atoms with Gasteiger partial charge in [0.25, 0.3) is 0 Å². The Balaban J connectivity index is 3.04. The van der Waals surface area contributed by atoms with Crippen LogP contribution in [0, 0.1) is 5.41 Å². The Morgan fingerprint density at radius 3 is 2.50 bits per heavy atom. The van der Waals surface area contributed by atoms with Crippen LogP contribution in [0.2, 0.25) is 0 Å². The molecule has 1 heteroatoms. The number of hydrogen-bond acceptors (Lipinski definition) is 1. The van der Waals surface area contributed by atoms with Gasteiger partial charge >= 0.3 is 0 Å². The molecule has 1 aromatic rings. The second-order valence-corrected chi connectivity index (χ2v) is 4.80. The molecular weight excluding hydrogens is 172 g/mol. The molecule has 0 saturated carbocycles. The van der Waals surface area contributed by atoms with Crippen molar-refractivity contribution in [1.29, 1.82) is 0 Å². The first-order valence-corrected chi connectivity index (χ1v) is 4.87. The van der Waals surface area contributed by atoms with Gasteiger partial charge in [-0.3, -0.25) is 0 Å². The maximum atomic E-state index is 9.88. The zero-order valence-corrected chi connectivity index (χ0v) is 9.17. The van der Waals surface area contributed by atoms with E-state index in [1.807, 2.05) is 18.2 Å². The molecule has 0 saturated heterocycles. The summed E-state index contributed by atoms with van der Waals surface area (Å²) in [5, 5.41) is 9.88. The molecule has 0 atom stereocenters. The van der Waals surface area contributed by atoms with E-state index in [-0.39, 0.29) is 5.41 Å². The van der Waals surface area contributed by atoms with Gasteiger partial charge in [-0.15, -0.1) is 0 Å². The number of hydrogen-bond donors (Lipinski definition) is 1. The van der Waals surface area contributed by atoms with Crippen LogP contribution in [0.3, 0.4) is 0 Å². The lowest BCUT2D eigenvalue weighted by molar-refractivity contribution is 0.394. The number of rotatable bonds is 2. The standard InChI is InChI=1S/C13H18O/c1-5-10-7-6-8-11(12(10)14)9-13(2,3)4/h5-8,14H,1,9H2,2-4H3. The lowest BCUT2D eigenvalue weighted by atomic mass is 9.87. The normalized spacial score (nSPS) is 11.4. The topological polar surface area (TPSA) is 20.2 Å². The maximum Gasteiger partial charge on any atom is 0.125 e. The minimum absolute atomic E-state index is 0.192. The smallest absolute Gasteiger partial charge is 0.125 e. The SMILES string of the molecule is C=Cc1cccc(CC(C)(C)C)c1O. The lowest BCUT2D eigenvalue weighted by Gasteiger charge is -2.19. The van der Waals surface area contributed by atoms with Crippen LogP contribution in [0.25, 0.3) is 6.08 Å². The number of phenols is 1. The van der Waals surface area contributed by atoms with Crippen LogP contribution in [-0.4, -0.2) is 5.11 Å². The van der Waals surface area contributed by atoms with E-state index >= 15 is 0 Å². The molecule has 0 aromatic heterocycles. The van der Waals surface area contributed by atoms with E-state index in [0.29, 0.717) is 5.75 Å². The Hall–Kier alpha value is -1.24. The fourth-order valence-corrected chi connectivity index (χ4v) is 1.49. The first-order chi connectivity index (χ1) is 6.44. The van der Waals surface area contributed by atoms with Gasteiger partial charge in [0.05, 0.1) is 0 Å². The molecular formula is C13H18O. The third-order valence-electron chi connectivity index (χ3n) is 2.09. The van der Waals surface area contributed by atoms with Gasteiger partial charge in [-0.25, -0.2) is 0 Å². The van der Waals surface area contributed by atoms with Gasteiger partial charge in [-0.1, -0.05) is 51.6 Å². The van der Waals surface area contributed by atoms with Gasteiger partial charge in [0, 0.05) is 5.56 Å². The fourth-order valence-electron chi connectivity index (χ4n) is 1.49. The Labute approximate surface area is 86.1 Å². The summed E-state index contributed by atoms with van der Waals surface area (Å²) in [7, 11) is 0. The molecule has 76 valence electrons. The summed E-state index contributed by atoms with van der Waals surface area (Å²) in [4.78, 5) is 0. The number of benzene rings is 1. The first-order valence-electron chi connectivity index (χ1n) is 4.87. The van der Waals surface area contributed by atoms with Crippen molar-refractivity contribution in [2.75, 3.05) is 0 Å². The molecule has 1 N–H and O–H groups in total. The lowest BCUT2D eigenvalue weighted by Crippen LogP contribution is -2.09. The summed E-state index contributed by atoms with van der Waals surface area (Å²) in [6, 6.07) is 5.79. The highest BCUT2D eigenvalue weighted by atomic mass is 16.3. The minimum Gasteiger partial charge on any atom is -0.507 e. The van der Waals surface area contributed by atoms with Crippen LogP contribution < -0.4 is 0 Å².